The topological polar surface area (TPSA) is 56.7 Å². The number of benzene rings is 1. The lowest BCUT2D eigenvalue weighted by atomic mass is 9.80. The van der Waals surface area contributed by atoms with E-state index in [9.17, 15) is 23.1 Å². The summed E-state index contributed by atoms with van der Waals surface area (Å²) in [6, 6.07) is 10.9. The second kappa shape index (κ2) is 12.4. The molecule has 39 heavy (non-hydrogen) atoms. The quantitative estimate of drug-likeness (QED) is 0.368. The highest BCUT2D eigenvalue weighted by atomic mass is 19.3. The lowest BCUT2D eigenvalue weighted by molar-refractivity contribution is -0.144. The fourth-order valence-corrected chi connectivity index (χ4v) is 6.79. The summed E-state index contributed by atoms with van der Waals surface area (Å²) in [5.41, 5.74) is 0.774. The van der Waals surface area contributed by atoms with E-state index in [4.69, 9.17) is 0 Å². The van der Waals surface area contributed by atoms with Gasteiger partial charge in [-0.25, -0.2) is 4.39 Å². The van der Waals surface area contributed by atoms with E-state index in [2.05, 4.69) is 14.8 Å². The van der Waals surface area contributed by atoms with Gasteiger partial charge >= 0.3 is 5.97 Å². The highest BCUT2D eigenvalue weighted by Crippen LogP contribution is 2.39. The van der Waals surface area contributed by atoms with Crippen LogP contribution in [-0.4, -0.2) is 64.6 Å². The highest BCUT2D eigenvalue weighted by Gasteiger charge is 2.42. The monoisotopic (exact) mass is 543 g/mol. The van der Waals surface area contributed by atoms with E-state index >= 15 is 0 Å². The molecule has 5 nitrogen and oxygen atoms in total. The van der Waals surface area contributed by atoms with Gasteiger partial charge in [-0.3, -0.25) is 14.7 Å². The van der Waals surface area contributed by atoms with E-state index in [1.54, 1.807) is 24.3 Å². The molecular formula is C31H40F3N3O2. The zero-order valence-corrected chi connectivity index (χ0v) is 22.5. The number of alkyl halides is 2. The lowest BCUT2D eigenvalue weighted by Gasteiger charge is -2.35. The number of likely N-dealkylation sites (tertiary alicyclic amines) is 2. The van der Waals surface area contributed by atoms with Crippen molar-refractivity contribution in [3.63, 3.8) is 0 Å². The van der Waals surface area contributed by atoms with Gasteiger partial charge in [0.05, 0.1) is 0 Å². The maximum absolute atomic E-state index is 14.6. The van der Waals surface area contributed by atoms with Gasteiger partial charge in [-0.2, -0.15) is 8.78 Å². The third-order valence-corrected chi connectivity index (χ3v) is 9.36. The van der Waals surface area contributed by atoms with Crippen molar-refractivity contribution < 1.29 is 23.1 Å². The normalized spacial score (nSPS) is 24.5. The average molecular weight is 544 g/mol. The predicted molar refractivity (Wildman–Crippen MR) is 144 cm³/mol. The van der Waals surface area contributed by atoms with Crippen molar-refractivity contribution in [1.29, 1.82) is 0 Å². The number of hydrogen-bond donors (Lipinski definition) is 1. The number of halogens is 3. The molecule has 1 aliphatic carbocycles. The van der Waals surface area contributed by atoms with Crippen LogP contribution in [0.1, 0.15) is 68.5 Å². The van der Waals surface area contributed by atoms with E-state index in [1.165, 1.54) is 24.8 Å². The molecule has 8 heteroatoms. The minimum atomic E-state index is -2.91. The summed E-state index contributed by atoms with van der Waals surface area (Å²) < 4.78 is 43.4. The highest BCUT2D eigenvalue weighted by molar-refractivity contribution is 5.73. The summed E-state index contributed by atoms with van der Waals surface area (Å²) in [4.78, 5) is 20.6. The Hall–Kier alpha value is -2.45. The fraction of sp³-hybridized carbons (Fsp3) is 0.613. The van der Waals surface area contributed by atoms with Crippen LogP contribution in [0.15, 0.2) is 48.7 Å². The van der Waals surface area contributed by atoms with Gasteiger partial charge in [0.25, 0.3) is 5.92 Å². The maximum atomic E-state index is 14.6. The van der Waals surface area contributed by atoms with Gasteiger partial charge in [0.2, 0.25) is 0 Å². The second-order valence-corrected chi connectivity index (χ2v) is 12.0. The summed E-state index contributed by atoms with van der Waals surface area (Å²) in [6.45, 7) is 3.80. The minimum absolute atomic E-state index is 0.0683. The van der Waals surface area contributed by atoms with Crippen molar-refractivity contribution in [2.45, 2.75) is 69.2 Å². The zero-order valence-electron chi connectivity index (χ0n) is 22.5. The molecule has 5 rings (SSSR count). The molecule has 2 saturated heterocycles. The first kappa shape index (κ1) is 28.1. The van der Waals surface area contributed by atoms with Gasteiger partial charge in [0.15, 0.2) is 0 Å². The van der Waals surface area contributed by atoms with Crippen LogP contribution in [0.2, 0.25) is 0 Å². The first-order valence-electron chi connectivity index (χ1n) is 14.5. The van der Waals surface area contributed by atoms with Crippen LogP contribution in [-0.2, 0) is 10.7 Å². The Labute approximate surface area is 229 Å². The molecule has 1 aromatic heterocycles. The molecule has 0 spiro atoms. The molecule has 0 amide bonds. The molecule has 1 N–H and O–H groups in total. The molecule has 0 radical (unpaired) electrons. The first-order valence-corrected chi connectivity index (χ1v) is 14.5. The van der Waals surface area contributed by atoms with Gasteiger partial charge in [-0.1, -0.05) is 37.5 Å². The van der Waals surface area contributed by atoms with Crippen LogP contribution in [0.5, 0.6) is 0 Å². The number of carboxylic acids is 1. The SMILES string of the molecule is O=C(O)[C@@H](CC1CCC1)N1CC(CN2CCC(CCC(F)(F)c3ccccn3)CC2)C(c2cccc(F)c2)C1. The molecule has 2 aliphatic heterocycles. The van der Waals surface area contributed by atoms with Crippen molar-refractivity contribution in [2.24, 2.45) is 17.8 Å². The van der Waals surface area contributed by atoms with Crippen LogP contribution in [0, 0.1) is 23.6 Å². The van der Waals surface area contributed by atoms with Crippen molar-refractivity contribution >= 4 is 5.97 Å². The number of piperidine rings is 1. The van der Waals surface area contributed by atoms with E-state index in [0.29, 0.717) is 31.8 Å². The molecule has 2 aromatic rings. The number of rotatable bonds is 11. The molecule has 3 fully saturated rings. The number of hydrogen-bond acceptors (Lipinski definition) is 4. The van der Waals surface area contributed by atoms with Crippen molar-refractivity contribution in [3.8, 4) is 0 Å². The van der Waals surface area contributed by atoms with E-state index in [1.807, 2.05) is 6.07 Å². The lowest BCUT2D eigenvalue weighted by Crippen LogP contribution is -2.43. The Morgan fingerprint density at radius 2 is 1.85 bits per heavy atom. The summed E-state index contributed by atoms with van der Waals surface area (Å²) in [5, 5.41) is 10.1. The van der Waals surface area contributed by atoms with Crippen LogP contribution in [0.3, 0.4) is 0 Å². The third kappa shape index (κ3) is 7.01. The van der Waals surface area contributed by atoms with Gasteiger partial charge in [-0.15, -0.1) is 0 Å². The largest absolute Gasteiger partial charge is 0.480 e. The third-order valence-electron chi connectivity index (χ3n) is 9.36. The van der Waals surface area contributed by atoms with E-state index in [-0.39, 0.29) is 35.7 Å². The number of carboxylic acid groups (broad SMARTS) is 1. The number of pyridine rings is 1. The molecule has 0 bridgehead atoms. The first-order chi connectivity index (χ1) is 18.8. The van der Waals surface area contributed by atoms with Crippen molar-refractivity contribution in [3.05, 3.63) is 65.7 Å². The Bertz CT molecular complexity index is 1090. The molecule has 1 aromatic carbocycles. The molecule has 3 atom stereocenters. The second-order valence-electron chi connectivity index (χ2n) is 12.0. The summed E-state index contributed by atoms with van der Waals surface area (Å²) in [7, 11) is 0. The molecular weight excluding hydrogens is 503 g/mol. The van der Waals surface area contributed by atoms with Crippen LogP contribution < -0.4 is 0 Å². The van der Waals surface area contributed by atoms with Gasteiger partial charge < -0.3 is 10.0 Å². The Morgan fingerprint density at radius 3 is 2.49 bits per heavy atom. The Morgan fingerprint density at radius 1 is 1.05 bits per heavy atom. The van der Waals surface area contributed by atoms with Crippen molar-refractivity contribution in [1.82, 2.24) is 14.8 Å². The van der Waals surface area contributed by atoms with E-state index < -0.39 is 17.9 Å². The standard InChI is InChI=1S/C31H40F3N3O2/c32-26-8-4-7-24(18-26)27-21-37(28(30(38)39)17-23-5-3-6-23)20-25(27)19-36-15-11-22(12-16-36)10-13-31(33,34)29-9-1-2-14-35-29/h1-2,4,7-9,14,18,22-23,25,27-28H,3,5-6,10-13,15-17,19-21H2,(H,38,39)/t25?,27?,28-/m1/s1. The zero-order chi connectivity index (χ0) is 27.4. The number of aromatic nitrogens is 1. The summed E-state index contributed by atoms with van der Waals surface area (Å²) in [5.74, 6) is -2.93. The fourth-order valence-electron chi connectivity index (χ4n) is 6.79. The average Bonchev–Trinajstić information content (AvgIpc) is 3.31. The van der Waals surface area contributed by atoms with Crippen LogP contribution in [0.25, 0.3) is 0 Å². The van der Waals surface area contributed by atoms with Crippen molar-refractivity contribution in [2.75, 3.05) is 32.7 Å². The molecule has 3 aliphatic rings. The summed E-state index contributed by atoms with van der Waals surface area (Å²) >= 11 is 0. The van der Waals surface area contributed by atoms with Crippen LogP contribution in [0.4, 0.5) is 13.2 Å². The molecule has 1 saturated carbocycles. The number of nitrogens with zero attached hydrogens (tertiary/aromatic N) is 3. The smallest absolute Gasteiger partial charge is 0.320 e. The number of aliphatic carboxylic acids is 1. The van der Waals surface area contributed by atoms with Gasteiger partial charge in [0.1, 0.15) is 17.6 Å². The molecule has 2 unspecified atom stereocenters. The predicted octanol–water partition coefficient (Wildman–Crippen LogP) is 6.16. The Kier molecular flexibility index (Phi) is 8.92. The molecule has 212 valence electrons. The number of carbonyl (C=O) groups is 1. The summed E-state index contributed by atoms with van der Waals surface area (Å²) in [6.07, 6.45) is 7.53. The van der Waals surface area contributed by atoms with E-state index in [0.717, 1.165) is 50.9 Å². The maximum Gasteiger partial charge on any atom is 0.320 e. The van der Waals surface area contributed by atoms with Gasteiger partial charge in [-0.05, 0) is 86.4 Å². The molecule has 3 heterocycles. The van der Waals surface area contributed by atoms with Gasteiger partial charge in [0, 0.05) is 38.2 Å². The Balaban J connectivity index is 1.19. The van der Waals surface area contributed by atoms with Crippen LogP contribution >= 0.6 is 0 Å². The minimum Gasteiger partial charge on any atom is -0.480 e.